The second-order valence-electron chi connectivity index (χ2n) is 8.07. The van der Waals surface area contributed by atoms with Gasteiger partial charge in [-0.15, -0.1) is 0 Å². The van der Waals surface area contributed by atoms with Gasteiger partial charge < -0.3 is 15.2 Å². The summed E-state index contributed by atoms with van der Waals surface area (Å²) in [6, 6.07) is 12.9. The maximum Gasteiger partial charge on any atom is 0.220 e. The van der Waals surface area contributed by atoms with Crippen molar-refractivity contribution in [3.63, 3.8) is 0 Å². The molecule has 0 bridgehead atoms. The van der Waals surface area contributed by atoms with E-state index < -0.39 is 5.82 Å². The Kier molecular flexibility index (Phi) is 5.36. The lowest BCUT2D eigenvalue weighted by atomic mass is 9.75. The molecule has 2 aliphatic rings. The molecule has 0 saturated heterocycles. The predicted octanol–water partition coefficient (Wildman–Crippen LogP) is 3.57. The Labute approximate surface area is 164 Å². The number of rotatable bonds is 6. The van der Waals surface area contributed by atoms with Crippen LogP contribution in [0.2, 0.25) is 0 Å². The van der Waals surface area contributed by atoms with Crippen molar-refractivity contribution in [1.29, 1.82) is 0 Å². The van der Waals surface area contributed by atoms with Crippen LogP contribution < -0.4 is 10.1 Å². The topological polar surface area (TPSA) is 58.6 Å². The van der Waals surface area contributed by atoms with Crippen LogP contribution in [0.5, 0.6) is 5.75 Å². The van der Waals surface area contributed by atoms with Crippen LogP contribution in [0.15, 0.2) is 42.5 Å². The summed E-state index contributed by atoms with van der Waals surface area (Å²) in [6.45, 7) is 0. The average molecular weight is 383 g/mol. The molecule has 0 aromatic heterocycles. The van der Waals surface area contributed by atoms with Gasteiger partial charge in [0.1, 0.15) is 0 Å². The van der Waals surface area contributed by atoms with E-state index in [-0.39, 0.29) is 29.7 Å². The number of carbonyl (C=O) groups excluding carboxylic acids is 1. The van der Waals surface area contributed by atoms with Crippen molar-refractivity contribution in [1.82, 2.24) is 5.32 Å². The number of ether oxygens (including phenoxy) is 1. The highest BCUT2D eigenvalue weighted by Gasteiger charge is 2.36. The minimum absolute atomic E-state index is 0.0135. The SMILES string of the molecule is COc1ccc(C(NC(=O)CC2Cc3ccccc3C2)C2CC(O)C2)cc1F. The third-order valence-corrected chi connectivity index (χ3v) is 6.08. The van der Waals surface area contributed by atoms with Gasteiger partial charge in [0.2, 0.25) is 5.91 Å². The Morgan fingerprint density at radius 2 is 1.89 bits per heavy atom. The molecule has 1 amide bonds. The summed E-state index contributed by atoms with van der Waals surface area (Å²) < 4.78 is 19.2. The van der Waals surface area contributed by atoms with Crippen LogP contribution in [0.25, 0.3) is 0 Å². The fraction of sp³-hybridized carbons (Fsp3) is 0.435. The van der Waals surface area contributed by atoms with Gasteiger partial charge in [-0.3, -0.25) is 4.79 Å². The Bertz CT molecular complexity index is 838. The standard InChI is InChI=1S/C23H26FNO3/c1-28-21-7-6-17(13-20(21)24)23(18-11-19(26)12-18)25-22(27)10-14-8-15-4-2-3-5-16(15)9-14/h2-7,13-14,18-19,23,26H,8-12H2,1H3,(H,25,27). The number of aliphatic hydroxyl groups excluding tert-OH is 1. The number of hydrogen-bond acceptors (Lipinski definition) is 3. The van der Waals surface area contributed by atoms with E-state index in [4.69, 9.17) is 4.74 Å². The molecule has 2 N–H and O–H groups in total. The fourth-order valence-electron chi connectivity index (χ4n) is 4.54. The van der Waals surface area contributed by atoms with Crippen molar-refractivity contribution in [3.8, 4) is 5.75 Å². The Morgan fingerprint density at radius 1 is 1.21 bits per heavy atom. The Hall–Kier alpha value is -2.40. The van der Waals surface area contributed by atoms with E-state index in [9.17, 15) is 14.3 Å². The first-order chi connectivity index (χ1) is 13.5. The van der Waals surface area contributed by atoms with E-state index in [1.807, 2.05) is 12.1 Å². The number of amides is 1. The molecule has 0 aliphatic heterocycles. The molecule has 28 heavy (non-hydrogen) atoms. The summed E-state index contributed by atoms with van der Waals surface area (Å²) in [7, 11) is 1.43. The third kappa shape index (κ3) is 3.90. The zero-order valence-corrected chi connectivity index (χ0v) is 16.0. The summed E-state index contributed by atoms with van der Waals surface area (Å²) in [4.78, 5) is 12.8. The van der Waals surface area contributed by atoms with Gasteiger partial charge in [0.25, 0.3) is 0 Å². The van der Waals surface area contributed by atoms with E-state index in [1.54, 1.807) is 12.1 Å². The zero-order chi connectivity index (χ0) is 19.7. The van der Waals surface area contributed by atoms with E-state index >= 15 is 0 Å². The molecule has 5 heteroatoms. The van der Waals surface area contributed by atoms with Crippen molar-refractivity contribution >= 4 is 5.91 Å². The summed E-state index contributed by atoms with van der Waals surface area (Å²) >= 11 is 0. The highest BCUT2D eigenvalue weighted by Crippen LogP contribution is 2.39. The maximum absolute atomic E-state index is 14.2. The summed E-state index contributed by atoms with van der Waals surface area (Å²) in [5, 5.41) is 12.8. The van der Waals surface area contributed by atoms with Gasteiger partial charge in [0, 0.05) is 6.42 Å². The molecule has 1 saturated carbocycles. The number of hydrogen-bond donors (Lipinski definition) is 2. The van der Waals surface area contributed by atoms with E-state index in [0.717, 1.165) is 18.4 Å². The molecule has 2 aromatic rings. The quantitative estimate of drug-likeness (QED) is 0.802. The third-order valence-electron chi connectivity index (χ3n) is 6.08. The highest BCUT2D eigenvalue weighted by atomic mass is 19.1. The molecule has 1 atom stereocenters. The molecular weight excluding hydrogens is 357 g/mol. The second-order valence-corrected chi connectivity index (χ2v) is 8.07. The lowest BCUT2D eigenvalue weighted by Gasteiger charge is -2.38. The van der Waals surface area contributed by atoms with Gasteiger partial charge in [-0.2, -0.15) is 0 Å². The first-order valence-corrected chi connectivity index (χ1v) is 9.91. The van der Waals surface area contributed by atoms with Gasteiger partial charge in [0.15, 0.2) is 11.6 Å². The summed E-state index contributed by atoms with van der Waals surface area (Å²) in [6.07, 6.45) is 3.21. The van der Waals surface area contributed by atoms with Crippen molar-refractivity contribution in [2.24, 2.45) is 11.8 Å². The average Bonchev–Trinajstić information content (AvgIpc) is 3.06. The molecule has 1 unspecified atom stereocenters. The van der Waals surface area contributed by atoms with Crippen LogP contribution >= 0.6 is 0 Å². The van der Waals surface area contributed by atoms with Gasteiger partial charge in [-0.1, -0.05) is 30.3 Å². The molecule has 0 spiro atoms. The van der Waals surface area contributed by atoms with E-state index in [1.165, 1.54) is 24.3 Å². The molecule has 4 nitrogen and oxygen atoms in total. The Balaban J connectivity index is 1.44. The van der Waals surface area contributed by atoms with Crippen LogP contribution in [0.3, 0.4) is 0 Å². The van der Waals surface area contributed by atoms with Gasteiger partial charge in [0.05, 0.1) is 19.3 Å². The Morgan fingerprint density at radius 3 is 2.46 bits per heavy atom. The van der Waals surface area contributed by atoms with Gasteiger partial charge >= 0.3 is 0 Å². The largest absolute Gasteiger partial charge is 0.494 e. The lowest BCUT2D eigenvalue weighted by molar-refractivity contribution is -0.123. The van der Waals surface area contributed by atoms with Crippen molar-refractivity contribution < 1.29 is 19.0 Å². The molecule has 0 heterocycles. The fourth-order valence-corrected chi connectivity index (χ4v) is 4.54. The van der Waals surface area contributed by atoms with Crippen LogP contribution in [-0.4, -0.2) is 24.2 Å². The first-order valence-electron chi connectivity index (χ1n) is 9.91. The number of aliphatic hydroxyl groups is 1. The van der Waals surface area contributed by atoms with Crippen LogP contribution in [0, 0.1) is 17.7 Å². The summed E-state index contributed by atoms with van der Waals surface area (Å²) in [5.74, 6) is 0.155. The smallest absolute Gasteiger partial charge is 0.220 e. The number of carbonyl (C=O) groups is 1. The van der Waals surface area contributed by atoms with Gasteiger partial charge in [-0.05, 0) is 66.3 Å². The summed E-state index contributed by atoms with van der Waals surface area (Å²) in [5.41, 5.74) is 3.38. The monoisotopic (exact) mass is 383 g/mol. The number of nitrogens with one attached hydrogen (secondary N) is 1. The van der Waals surface area contributed by atoms with Crippen molar-refractivity contribution in [2.45, 2.75) is 44.2 Å². The molecular formula is C23H26FNO3. The molecule has 1 fully saturated rings. The molecule has 2 aliphatic carbocycles. The van der Waals surface area contributed by atoms with Crippen LogP contribution in [0.4, 0.5) is 4.39 Å². The first kappa shape index (κ1) is 18.9. The van der Waals surface area contributed by atoms with Gasteiger partial charge in [-0.25, -0.2) is 4.39 Å². The van der Waals surface area contributed by atoms with E-state index in [0.29, 0.717) is 25.2 Å². The molecule has 148 valence electrons. The van der Waals surface area contributed by atoms with Crippen LogP contribution in [-0.2, 0) is 17.6 Å². The number of fused-ring (bicyclic) bond motifs is 1. The minimum Gasteiger partial charge on any atom is -0.494 e. The number of methoxy groups -OCH3 is 1. The highest BCUT2D eigenvalue weighted by molar-refractivity contribution is 5.77. The predicted molar refractivity (Wildman–Crippen MR) is 105 cm³/mol. The molecule has 2 aromatic carbocycles. The van der Waals surface area contributed by atoms with Crippen molar-refractivity contribution in [3.05, 3.63) is 65.0 Å². The molecule has 4 rings (SSSR count). The number of benzene rings is 2. The normalized spacial score (nSPS) is 22.2. The van der Waals surface area contributed by atoms with Crippen molar-refractivity contribution in [2.75, 3.05) is 7.11 Å². The van der Waals surface area contributed by atoms with Crippen LogP contribution in [0.1, 0.15) is 42.0 Å². The second kappa shape index (κ2) is 7.92. The number of halogens is 1. The maximum atomic E-state index is 14.2. The van der Waals surface area contributed by atoms with E-state index in [2.05, 4.69) is 17.4 Å². The zero-order valence-electron chi connectivity index (χ0n) is 16.0. The lowest BCUT2D eigenvalue weighted by Crippen LogP contribution is -2.41. The molecule has 0 radical (unpaired) electrons. The minimum atomic E-state index is -0.439.